The van der Waals surface area contributed by atoms with E-state index in [9.17, 15) is 19.8 Å². The van der Waals surface area contributed by atoms with E-state index in [1.807, 2.05) is 24.3 Å². The first-order valence-corrected chi connectivity index (χ1v) is 15.2. The Morgan fingerprint density at radius 3 is 2.50 bits per heavy atom. The molecule has 2 atom stereocenters. The third-order valence-electron chi connectivity index (χ3n) is 6.61. The molecular weight excluding hydrogens is 450 g/mol. The van der Waals surface area contributed by atoms with E-state index in [-0.39, 0.29) is 19.6 Å². The summed E-state index contributed by atoms with van der Waals surface area (Å²) in [5.41, 5.74) is -1.67. The zero-order chi connectivity index (χ0) is 25.3. The molecule has 1 fully saturated rings. The molecule has 1 heterocycles. The van der Waals surface area contributed by atoms with Gasteiger partial charge in [-0.3, -0.25) is 4.90 Å². The van der Waals surface area contributed by atoms with Gasteiger partial charge in [0, 0.05) is 20.1 Å². The predicted octanol–water partition coefficient (Wildman–Crippen LogP) is 4.79. The van der Waals surface area contributed by atoms with Crippen LogP contribution in [0.1, 0.15) is 24.5 Å². The zero-order valence-corrected chi connectivity index (χ0v) is 21.7. The molecule has 2 unspecified atom stereocenters. The number of likely N-dealkylation sites (tertiary alicyclic amines) is 1. The number of fused-ring (bicyclic) bond motifs is 1. The van der Waals surface area contributed by atoms with E-state index in [1.54, 1.807) is 19.3 Å². The summed E-state index contributed by atoms with van der Waals surface area (Å²) in [5.74, 6) is -0.466. The number of aliphatic carboxylic acids is 1. The lowest BCUT2D eigenvalue weighted by Gasteiger charge is -2.30. The topological polar surface area (TPSA) is 96.3 Å². The highest BCUT2D eigenvalue weighted by molar-refractivity contribution is 6.76. The number of carbonyl (C=O) groups excluding carboxylic acids is 1. The van der Waals surface area contributed by atoms with Gasteiger partial charge in [0.2, 0.25) is 0 Å². The number of nitrogens with zero attached hydrogens (tertiary/aromatic N) is 1. The number of amides is 1. The maximum Gasteiger partial charge on any atom is 0.410 e. The second-order valence-electron chi connectivity index (χ2n) is 10.5. The molecule has 0 saturated carbocycles. The molecule has 1 aliphatic rings. The fourth-order valence-electron chi connectivity index (χ4n) is 4.53. The maximum atomic E-state index is 12.9. The van der Waals surface area contributed by atoms with Gasteiger partial charge in [-0.05, 0) is 47.9 Å². The Morgan fingerprint density at radius 1 is 1.24 bits per heavy atom. The van der Waals surface area contributed by atoms with Gasteiger partial charge in [-0.15, -0.1) is 6.58 Å². The zero-order valence-electron chi connectivity index (χ0n) is 20.7. The van der Waals surface area contributed by atoms with Crippen LogP contribution >= 0.6 is 0 Å². The minimum absolute atomic E-state index is 0.148. The largest absolute Gasteiger partial charge is 0.496 e. The minimum atomic E-state index is -1.60. The highest BCUT2D eigenvalue weighted by atomic mass is 28.3. The second-order valence-corrected chi connectivity index (χ2v) is 16.1. The molecular formula is C26H35NO6Si. The number of ether oxygens (including phenoxy) is 2. The number of aliphatic hydroxyl groups is 1. The standard InChI is InChI=1S/C26H35NO6Si/c1-7-8-20-21-15-19(11-9-18(21)10-12-22(20)32-3)26(31)16-25(2,23(28)29)27(17-26)24(30)33-13-14-34(4,5)6/h7,9-12,15,31H,1,8,13-14,16-17H2,2-6H3,(H,28,29). The number of methoxy groups -OCH3 is 1. The van der Waals surface area contributed by atoms with E-state index in [1.165, 1.54) is 6.92 Å². The van der Waals surface area contributed by atoms with Crippen LogP contribution in [0.3, 0.4) is 0 Å². The van der Waals surface area contributed by atoms with Crippen molar-refractivity contribution in [3.63, 3.8) is 0 Å². The van der Waals surface area contributed by atoms with Gasteiger partial charge in [-0.1, -0.05) is 43.9 Å². The quantitative estimate of drug-likeness (QED) is 0.412. The molecule has 0 bridgehead atoms. The van der Waals surface area contributed by atoms with Crippen LogP contribution in [0, 0.1) is 0 Å². The number of hydrogen-bond donors (Lipinski definition) is 2. The number of carboxylic acids is 1. The van der Waals surface area contributed by atoms with Crippen LogP contribution in [0.2, 0.25) is 25.7 Å². The van der Waals surface area contributed by atoms with Gasteiger partial charge in [0.05, 0.1) is 20.3 Å². The van der Waals surface area contributed by atoms with E-state index < -0.39 is 31.3 Å². The first kappa shape index (κ1) is 25.8. The van der Waals surface area contributed by atoms with Crippen molar-refractivity contribution in [1.29, 1.82) is 0 Å². The Bertz CT molecular complexity index is 1110. The van der Waals surface area contributed by atoms with Crippen molar-refractivity contribution >= 4 is 30.9 Å². The smallest absolute Gasteiger partial charge is 0.410 e. The van der Waals surface area contributed by atoms with Crippen molar-refractivity contribution in [3.8, 4) is 5.75 Å². The fourth-order valence-corrected chi connectivity index (χ4v) is 5.24. The second kappa shape index (κ2) is 9.42. The van der Waals surface area contributed by atoms with Crippen LogP contribution in [0.25, 0.3) is 10.8 Å². The number of β-amino-alcohol motifs (C(OH)–C–C–N with tert-alkyl or cyclic N) is 1. The number of carbonyl (C=O) groups is 2. The van der Waals surface area contributed by atoms with Gasteiger partial charge in [0.1, 0.15) is 16.9 Å². The predicted molar refractivity (Wildman–Crippen MR) is 135 cm³/mol. The summed E-state index contributed by atoms with van der Waals surface area (Å²) in [5, 5.41) is 23.5. The summed E-state index contributed by atoms with van der Waals surface area (Å²) >= 11 is 0. The highest BCUT2D eigenvalue weighted by Crippen LogP contribution is 2.44. The lowest BCUT2D eigenvalue weighted by atomic mass is 9.84. The van der Waals surface area contributed by atoms with Crippen molar-refractivity contribution in [2.45, 2.75) is 56.6 Å². The molecule has 0 aromatic heterocycles. The number of carboxylic acid groups (broad SMARTS) is 1. The van der Waals surface area contributed by atoms with Crippen molar-refractivity contribution < 1.29 is 29.3 Å². The molecule has 0 aliphatic carbocycles. The van der Waals surface area contributed by atoms with E-state index >= 15 is 0 Å². The number of benzene rings is 2. The van der Waals surface area contributed by atoms with Gasteiger partial charge >= 0.3 is 12.1 Å². The van der Waals surface area contributed by atoms with Crippen LogP contribution in [0.4, 0.5) is 4.79 Å². The normalized spacial score (nSPS) is 22.6. The molecule has 0 spiro atoms. The van der Waals surface area contributed by atoms with Gasteiger partial charge in [0.15, 0.2) is 0 Å². The lowest BCUT2D eigenvalue weighted by molar-refractivity contribution is -0.148. The summed E-state index contributed by atoms with van der Waals surface area (Å²) in [6.07, 6.45) is 1.50. The van der Waals surface area contributed by atoms with Gasteiger partial charge in [-0.2, -0.15) is 0 Å². The third-order valence-corrected chi connectivity index (χ3v) is 8.31. The van der Waals surface area contributed by atoms with Crippen molar-refractivity contribution in [2.24, 2.45) is 0 Å². The van der Waals surface area contributed by atoms with Crippen LogP contribution in [-0.4, -0.2) is 61.0 Å². The summed E-state index contributed by atoms with van der Waals surface area (Å²) in [4.78, 5) is 26.3. The average Bonchev–Trinajstić information content (AvgIpc) is 3.06. The lowest BCUT2D eigenvalue weighted by Crippen LogP contribution is -2.51. The van der Waals surface area contributed by atoms with E-state index in [4.69, 9.17) is 9.47 Å². The van der Waals surface area contributed by atoms with Crippen LogP contribution < -0.4 is 4.74 Å². The Hall–Kier alpha value is -2.84. The van der Waals surface area contributed by atoms with Crippen LogP contribution in [-0.2, 0) is 21.6 Å². The highest BCUT2D eigenvalue weighted by Gasteiger charge is 2.57. The van der Waals surface area contributed by atoms with Gasteiger partial charge < -0.3 is 19.7 Å². The van der Waals surface area contributed by atoms with Crippen LogP contribution in [0.15, 0.2) is 43.0 Å². The van der Waals surface area contributed by atoms with E-state index in [0.29, 0.717) is 17.7 Å². The van der Waals surface area contributed by atoms with Crippen LogP contribution in [0.5, 0.6) is 5.75 Å². The SMILES string of the molecule is C=CCc1c(OC)ccc2ccc(C3(O)CN(C(=O)OCC[Si](C)(C)C)C(C)(C(=O)O)C3)cc12. The van der Waals surface area contributed by atoms with Crippen molar-refractivity contribution in [2.75, 3.05) is 20.3 Å². The van der Waals surface area contributed by atoms with Gasteiger partial charge in [0.25, 0.3) is 0 Å². The Kier molecular flexibility index (Phi) is 7.14. The molecule has 1 saturated heterocycles. The Morgan fingerprint density at radius 2 is 1.91 bits per heavy atom. The Balaban J connectivity index is 1.99. The molecule has 1 aliphatic heterocycles. The molecule has 2 aromatic carbocycles. The van der Waals surface area contributed by atoms with Gasteiger partial charge in [-0.25, -0.2) is 9.59 Å². The van der Waals surface area contributed by atoms with E-state index in [0.717, 1.165) is 27.3 Å². The average molecular weight is 486 g/mol. The molecule has 3 rings (SSSR count). The fraction of sp³-hybridized carbons (Fsp3) is 0.462. The van der Waals surface area contributed by atoms with E-state index in [2.05, 4.69) is 26.2 Å². The molecule has 1 amide bonds. The maximum absolute atomic E-state index is 12.9. The first-order valence-electron chi connectivity index (χ1n) is 11.5. The Labute approximate surface area is 202 Å². The molecule has 2 aromatic rings. The van der Waals surface area contributed by atoms with Crippen molar-refractivity contribution in [1.82, 2.24) is 4.90 Å². The number of rotatable bonds is 8. The number of allylic oxidation sites excluding steroid dienone is 1. The first-order chi connectivity index (χ1) is 15.8. The third kappa shape index (κ3) is 4.98. The summed E-state index contributed by atoms with van der Waals surface area (Å²) in [6, 6.07) is 10.1. The molecule has 184 valence electrons. The molecule has 7 nitrogen and oxygen atoms in total. The summed E-state index contributed by atoms with van der Waals surface area (Å²) in [6.45, 7) is 11.9. The molecule has 2 N–H and O–H groups in total. The summed E-state index contributed by atoms with van der Waals surface area (Å²) < 4.78 is 11.0. The molecule has 34 heavy (non-hydrogen) atoms. The number of hydrogen-bond acceptors (Lipinski definition) is 5. The molecule has 0 radical (unpaired) electrons. The minimum Gasteiger partial charge on any atom is -0.496 e. The monoisotopic (exact) mass is 485 g/mol. The summed E-state index contributed by atoms with van der Waals surface area (Å²) in [7, 11) is 0.176. The molecule has 8 heteroatoms. The van der Waals surface area contributed by atoms with Crippen molar-refractivity contribution in [3.05, 3.63) is 54.1 Å².